The van der Waals surface area contributed by atoms with E-state index in [1.54, 1.807) is 30.5 Å². The Labute approximate surface area is 122 Å². The Bertz CT molecular complexity index is 717. The first-order valence-corrected chi connectivity index (χ1v) is 6.62. The summed E-state index contributed by atoms with van der Waals surface area (Å²) in [5, 5.41) is 6.90. The lowest BCUT2D eigenvalue weighted by Crippen LogP contribution is -2.26. The number of amides is 1. The van der Waals surface area contributed by atoms with Gasteiger partial charge in [-0.15, -0.1) is 0 Å². The Morgan fingerprint density at radius 2 is 2.05 bits per heavy atom. The number of benzene rings is 1. The molecule has 0 aliphatic heterocycles. The summed E-state index contributed by atoms with van der Waals surface area (Å²) in [6, 6.07) is 13.3. The molecule has 1 aromatic carbocycles. The van der Waals surface area contributed by atoms with Crippen LogP contribution < -0.4 is 0 Å². The van der Waals surface area contributed by atoms with E-state index in [9.17, 15) is 4.79 Å². The summed E-state index contributed by atoms with van der Waals surface area (Å²) in [4.78, 5) is 14.2. The second-order valence-electron chi connectivity index (χ2n) is 4.77. The number of nitrogens with one attached hydrogen (secondary N) is 1. The van der Waals surface area contributed by atoms with E-state index in [2.05, 4.69) is 10.2 Å². The van der Waals surface area contributed by atoms with Crippen LogP contribution in [0.15, 0.2) is 59.3 Å². The fourth-order valence-electron chi connectivity index (χ4n) is 2.19. The monoisotopic (exact) mass is 281 g/mol. The third-order valence-corrected chi connectivity index (χ3v) is 3.25. The van der Waals surface area contributed by atoms with Crippen molar-refractivity contribution in [1.29, 1.82) is 0 Å². The summed E-state index contributed by atoms with van der Waals surface area (Å²) in [5.74, 6) is 0.648. The molecule has 106 valence electrons. The minimum atomic E-state index is -0.0981. The number of hydrogen-bond acceptors (Lipinski definition) is 3. The van der Waals surface area contributed by atoms with Gasteiger partial charge in [0.05, 0.1) is 30.3 Å². The molecule has 5 heteroatoms. The number of carbonyl (C=O) groups excluding carboxylic acids is 1. The molecule has 5 nitrogen and oxygen atoms in total. The highest BCUT2D eigenvalue weighted by Gasteiger charge is 2.19. The molecule has 1 amide bonds. The van der Waals surface area contributed by atoms with Crippen molar-refractivity contribution in [2.24, 2.45) is 0 Å². The molecule has 0 fully saturated rings. The first-order chi connectivity index (χ1) is 10.3. The van der Waals surface area contributed by atoms with Crippen molar-refractivity contribution in [1.82, 2.24) is 15.1 Å². The van der Waals surface area contributed by atoms with E-state index in [4.69, 9.17) is 4.42 Å². The zero-order chi connectivity index (χ0) is 14.7. The van der Waals surface area contributed by atoms with Gasteiger partial charge in [0.2, 0.25) is 0 Å². The first kappa shape index (κ1) is 13.2. The van der Waals surface area contributed by atoms with Crippen LogP contribution in [0.25, 0.3) is 11.3 Å². The van der Waals surface area contributed by atoms with Crippen LogP contribution >= 0.6 is 0 Å². The molecule has 0 unspecified atom stereocenters. The van der Waals surface area contributed by atoms with Gasteiger partial charge in [-0.25, -0.2) is 0 Å². The van der Waals surface area contributed by atoms with Crippen LogP contribution in [0, 0.1) is 0 Å². The lowest BCUT2D eigenvalue weighted by molar-refractivity contribution is 0.0776. The number of carbonyl (C=O) groups is 1. The van der Waals surface area contributed by atoms with E-state index in [-0.39, 0.29) is 5.91 Å². The van der Waals surface area contributed by atoms with Gasteiger partial charge in [-0.05, 0) is 12.1 Å². The number of rotatable bonds is 4. The molecule has 0 saturated carbocycles. The third kappa shape index (κ3) is 2.72. The summed E-state index contributed by atoms with van der Waals surface area (Å²) < 4.78 is 5.27. The van der Waals surface area contributed by atoms with Crippen LogP contribution in [0.2, 0.25) is 0 Å². The highest BCUT2D eigenvalue weighted by molar-refractivity contribution is 5.99. The Hall–Kier alpha value is -2.82. The quantitative estimate of drug-likeness (QED) is 0.799. The van der Waals surface area contributed by atoms with Crippen molar-refractivity contribution in [2.45, 2.75) is 6.54 Å². The lowest BCUT2D eigenvalue weighted by Gasteiger charge is -2.15. The maximum Gasteiger partial charge on any atom is 0.257 e. The van der Waals surface area contributed by atoms with Crippen molar-refractivity contribution in [3.63, 3.8) is 0 Å². The maximum absolute atomic E-state index is 12.6. The topological polar surface area (TPSA) is 62.1 Å². The average Bonchev–Trinajstić information content (AvgIpc) is 3.18. The summed E-state index contributed by atoms with van der Waals surface area (Å²) in [5.41, 5.74) is 2.21. The van der Waals surface area contributed by atoms with Crippen LogP contribution in [0.5, 0.6) is 0 Å². The van der Waals surface area contributed by atoms with Crippen molar-refractivity contribution < 1.29 is 9.21 Å². The molecule has 2 aromatic heterocycles. The van der Waals surface area contributed by atoms with Crippen LogP contribution in [0.3, 0.4) is 0 Å². The van der Waals surface area contributed by atoms with Gasteiger partial charge >= 0.3 is 0 Å². The van der Waals surface area contributed by atoms with E-state index >= 15 is 0 Å². The van der Waals surface area contributed by atoms with Gasteiger partial charge in [0.1, 0.15) is 5.76 Å². The highest BCUT2D eigenvalue weighted by atomic mass is 16.3. The fourth-order valence-corrected chi connectivity index (χ4v) is 2.19. The third-order valence-electron chi connectivity index (χ3n) is 3.25. The van der Waals surface area contributed by atoms with Gasteiger partial charge in [-0.3, -0.25) is 9.89 Å². The van der Waals surface area contributed by atoms with Gasteiger partial charge < -0.3 is 9.32 Å². The van der Waals surface area contributed by atoms with Crippen LogP contribution in [0.1, 0.15) is 16.1 Å². The molecule has 0 spiro atoms. The molecule has 3 aromatic rings. The zero-order valence-electron chi connectivity index (χ0n) is 11.6. The Morgan fingerprint density at radius 3 is 2.76 bits per heavy atom. The lowest BCUT2D eigenvalue weighted by atomic mass is 10.1. The molecular formula is C16H15N3O2. The van der Waals surface area contributed by atoms with E-state index in [0.29, 0.717) is 12.1 Å². The number of furan rings is 1. The molecule has 0 atom stereocenters. The molecule has 0 radical (unpaired) electrons. The SMILES string of the molecule is CN(Cc1ccco1)C(=O)c1cn[nH]c1-c1ccccc1. The van der Waals surface area contributed by atoms with Crippen LogP contribution in [-0.4, -0.2) is 28.1 Å². The van der Waals surface area contributed by atoms with Crippen LogP contribution in [-0.2, 0) is 6.54 Å². The van der Waals surface area contributed by atoms with Crippen molar-refractivity contribution in [3.8, 4) is 11.3 Å². The summed E-state index contributed by atoms with van der Waals surface area (Å²) in [7, 11) is 1.74. The van der Waals surface area contributed by atoms with Gasteiger partial charge in [0, 0.05) is 12.6 Å². The van der Waals surface area contributed by atoms with E-state index in [1.165, 1.54) is 0 Å². The first-order valence-electron chi connectivity index (χ1n) is 6.62. The normalized spacial score (nSPS) is 10.5. The maximum atomic E-state index is 12.6. The highest BCUT2D eigenvalue weighted by Crippen LogP contribution is 2.22. The van der Waals surface area contributed by atoms with E-state index in [0.717, 1.165) is 17.0 Å². The molecule has 3 rings (SSSR count). The number of aromatic nitrogens is 2. The Morgan fingerprint density at radius 1 is 1.24 bits per heavy atom. The van der Waals surface area contributed by atoms with Gasteiger partial charge in [-0.2, -0.15) is 5.10 Å². The molecule has 2 heterocycles. The number of aromatic amines is 1. The average molecular weight is 281 g/mol. The second-order valence-corrected chi connectivity index (χ2v) is 4.77. The largest absolute Gasteiger partial charge is 0.467 e. The zero-order valence-corrected chi connectivity index (χ0v) is 11.6. The molecule has 21 heavy (non-hydrogen) atoms. The minimum absolute atomic E-state index is 0.0981. The molecule has 0 saturated heterocycles. The molecule has 0 aliphatic carbocycles. The molecular weight excluding hydrogens is 266 g/mol. The van der Waals surface area contributed by atoms with Crippen LogP contribution in [0.4, 0.5) is 0 Å². The Kier molecular flexibility index (Phi) is 3.55. The standard InChI is InChI=1S/C16H15N3O2/c1-19(11-13-8-5-9-21-13)16(20)14-10-17-18-15(14)12-6-3-2-4-7-12/h2-10H,11H2,1H3,(H,17,18). The molecule has 0 aliphatic rings. The fraction of sp³-hybridized carbons (Fsp3) is 0.125. The van der Waals surface area contributed by atoms with E-state index in [1.807, 2.05) is 36.4 Å². The predicted octanol–water partition coefficient (Wildman–Crippen LogP) is 2.94. The van der Waals surface area contributed by atoms with Crippen molar-refractivity contribution in [3.05, 3.63) is 66.2 Å². The Balaban J connectivity index is 1.84. The molecule has 1 N–H and O–H groups in total. The van der Waals surface area contributed by atoms with Gasteiger partial charge in [0.15, 0.2) is 0 Å². The van der Waals surface area contributed by atoms with E-state index < -0.39 is 0 Å². The van der Waals surface area contributed by atoms with Crippen molar-refractivity contribution in [2.75, 3.05) is 7.05 Å². The van der Waals surface area contributed by atoms with Gasteiger partial charge in [-0.1, -0.05) is 30.3 Å². The van der Waals surface area contributed by atoms with Crippen molar-refractivity contribution >= 4 is 5.91 Å². The van der Waals surface area contributed by atoms with Gasteiger partial charge in [0.25, 0.3) is 5.91 Å². The molecule has 0 bridgehead atoms. The second kappa shape index (κ2) is 5.66. The number of nitrogens with zero attached hydrogens (tertiary/aromatic N) is 2. The summed E-state index contributed by atoms with van der Waals surface area (Å²) in [6.07, 6.45) is 3.16. The number of H-pyrrole nitrogens is 1. The smallest absolute Gasteiger partial charge is 0.257 e. The minimum Gasteiger partial charge on any atom is -0.467 e. The number of hydrogen-bond donors (Lipinski definition) is 1. The predicted molar refractivity (Wildman–Crippen MR) is 78.5 cm³/mol. The summed E-state index contributed by atoms with van der Waals surface area (Å²) in [6.45, 7) is 0.422. The summed E-state index contributed by atoms with van der Waals surface area (Å²) >= 11 is 0.